The average molecular weight is 295 g/mol. The molecule has 0 saturated heterocycles. The Bertz CT molecular complexity index is 355. The number of carboxylic acids is 1. The molecule has 0 saturated carbocycles. The highest BCUT2D eigenvalue weighted by Crippen LogP contribution is 2.10. The van der Waals surface area contributed by atoms with Gasteiger partial charge in [0.05, 0.1) is 11.7 Å². The molecule has 6 nitrogen and oxygen atoms in total. The van der Waals surface area contributed by atoms with Crippen molar-refractivity contribution >= 4 is 16.0 Å². The molecule has 0 rings (SSSR count). The second-order valence-corrected chi connectivity index (χ2v) is 6.73. The van der Waals surface area contributed by atoms with Crippen LogP contribution in [0.1, 0.15) is 39.5 Å². The summed E-state index contributed by atoms with van der Waals surface area (Å²) in [5.41, 5.74) is 0. The van der Waals surface area contributed by atoms with Crippen molar-refractivity contribution in [3.05, 3.63) is 0 Å². The van der Waals surface area contributed by atoms with Crippen LogP contribution in [0.4, 0.5) is 0 Å². The molecule has 0 aliphatic heterocycles. The fourth-order valence-corrected chi connectivity index (χ4v) is 3.02. The fourth-order valence-electron chi connectivity index (χ4n) is 1.67. The van der Waals surface area contributed by atoms with Gasteiger partial charge in [0.15, 0.2) is 0 Å². The highest BCUT2D eigenvalue weighted by molar-refractivity contribution is 7.89. The van der Waals surface area contributed by atoms with Crippen molar-refractivity contribution in [2.75, 3.05) is 19.5 Å². The number of carboxylic acid groups (broad SMARTS) is 1. The van der Waals surface area contributed by atoms with Crippen LogP contribution in [0.25, 0.3) is 0 Å². The molecule has 0 aromatic rings. The van der Waals surface area contributed by atoms with Crippen LogP contribution in [0.2, 0.25) is 0 Å². The zero-order chi connectivity index (χ0) is 14.9. The molecule has 0 amide bonds. The molecule has 0 aromatic heterocycles. The van der Waals surface area contributed by atoms with Crippen LogP contribution in [0.3, 0.4) is 0 Å². The zero-order valence-electron chi connectivity index (χ0n) is 11.9. The van der Waals surface area contributed by atoms with Crippen LogP contribution < -0.4 is 4.72 Å². The molecular formula is C12H25NO5S. The van der Waals surface area contributed by atoms with Gasteiger partial charge in [-0.05, 0) is 26.2 Å². The van der Waals surface area contributed by atoms with Crippen LogP contribution in [-0.4, -0.2) is 45.0 Å². The molecule has 0 spiro atoms. The van der Waals surface area contributed by atoms with Gasteiger partial charge in [0.25, 0.3) is 0 Å². The molecule has 0 aromatic carbocycles. The first-order chi connectivity index (χ1) is 8.78. The molecule has 7 heteroatoms. The number of rotatable bonds is 11. The maximum atomic E-state index is 11.7. The number of carbonyl (C=O) groups is 1. The number of hydrogen-bond donors (Lipinski definition) is 2. The monoisotopic (exact) mass is 295 g/mol. The van der Waals surface area contributed by atoms with E-state index in [0.717, 1.165) is 0 Å². The molecule has 0 aliphatic carbocycles. The summed E-state index contributed by atoms with van der Waals surface area (Å²) in [6.07, 6.45) is 2.36. The van der Waals surface area contributed by atoms with Crippen molar-refractivity contribution in [3.8, 4) is 0 Å². The van der Waals surface area contributed by atoms with Gasteiger partial charge in [0.2, 0.25) is 10.0 Å². The molecule has 2 atom stereocenters. The molecule has 0 heterocycles. The van der Waals surface area contributed by atoms with Crippen molar-refractivity contribution in [3.63, 3.8) is 0 Å². The normalized spacial score (nSPS) is 15.1. The lowest BCUT2D eigenvalue weighted by molar-refractivity contribution is -0.141. The van der Waals surface area contributed by atoms with E-state index < -0.39 is 16.0 Å². The molecule has 2 unspecified atom stereocenters. The van der Waals surface area contributed by atoms with E-state index in [1.807, 2.05) is 0 Å². The summed E-state index contributed by atoms with van der Waals surface area (Å²) < 4.78 is 30.7. The topological polar surface area (TPSA) is 92.7 Å². The van der Waals surface area contributed by atoms with Gasteiger partial charge in [0.1, 0.15) is 0 Å². The standard InChI is InChI=1S/C12H25NO5S/c1-10(12(14)15)6-4-7-11(2)13-19(16,17)9-5-8-18-3/h10-11,13H,4-9H2,1-3H3,(H,14,15). The van der Waals surface area contributed by atoms with E-state index in [4.69, 9.17) is 9.84 Å². The first-order valence-electron chi connectivity index (χ1n) is 6.50. The Labute approximate surface area is 115 Å². The second-order valence-electron chi connectivity index (χ2n) is 4.85. The van der Waals surface area contributed by atoms with E-state index in [0.29, 0.717) is 32.3 Å². The zero-order valence-corrected chi connectivity index (χ0v) is 12.7. The second kappa shape index (κ2) is 9.28. The van der Waals surface area contributed by atoms with Gasteiger partial charge < -0.3 is 9.84 Å². The van der Waals surface area contributed by atoms with Gasteiger partial charge in [-0.25, -0.2) is 13.1 Å². The maximum absolute atomic E-state index is 11.7. The third kappa shape index (κ3) is 9.86. The highest BCUT2D eigenvalue weighted by Gasteiger charge is 2.15. The van der Waals surface area contributed by atoms with E-state index in [2.05, 4.69) is 4.72 Å². The molecule has 0 aliphatic rings. The van der Waals surface area contributed by atoms with Crippen LogP contribution >= 0.6 is 0 Å². The summed E-state index contributed by atoms with van der Waals surface area (Å²) in [6.45, 7) is 3.87. The van der Waals surface area contributed by atoms with Gasteiger partial charge in [0, 0.05) is 19.8 Å². The molecular weight excluding hydrogens is 270 g/mol. The van der Waals surface area contributed by atoms with E-state index in [-0.39, 0.29) is 17.7 Å². The minimum Gasteiger partial charge on any atom is -0.481 e. The summed E-state index contributed by atoms with van der Waals surface area (Å²) in [5, 5.41) is 8.73. The van der Waals surface area contributed by atoms with E-state index in [9.17, 15) is 13.2 Å². The number of sulfonamides is 1. The Morgan fingerprint density at radius 3 is 2.42 bits per heavy atom. The summed E-state index contributed by atoms with van der Waals surface area (Å²) in [6, 6.07) is -0.173. The molecule has 0 bridgehead atoms. The fraction of sp³-hybridized carbons (Fsp3) is 0.917. The third-order valence-electron chi connectivity index (χ3n) is 2.84. The first-order valence-corrected chi connectivity index (χ1v) is 8.15. The van der Waals surface area contributed by atoms with Crippen LogP contribution in [0.15, 0.2) is 0 Å². The van der Waals surface area contributed by atoms with Crippen LogP contribution in [0.5, 0.6) is 0 Å². The summed E-state index contributed by atoms with van der Waals surface area (Å²) in [5.74, 6) is -1.14. The summed E-state index contributed by atoms with van der Waals surface area (Å²) >= 11 is 0. The smallest absolute Gasteiger partial charge is 0.306 e. The van der Waals surface area contributed by atoms with E-state index in [1.54, 1.807) is 13.8 Å². The first kappa shape index (κ1) is 18.3. The Balaban J connectivity index is 3.90. The third-order valence-corrected chi connectivity index (χ3v) is 4.43. The lowest BCUT2D eigenvalue weighted by atomic mass is 10.0. The van der Waals surface area contributed by atoms with Gasteiger partial charge in [-0.2, -0.15) is 0 Å². The Kier molecular flexibility index (Phi) is 8.95. The number of hydrogen-bond acceptors (Lipinski definition) is 4. The number of aliphatic carboxylic acids is 1. The lowest BCUT2D eigenvalue weighted by Gasteiger charge is -2.14. The largest absolute Gasteiger partial charge is 0.481 e. The van der Waals surface area contributed by atoms with Crippen molar-refractivity contribution in [2.24, 2.45) is 5.92 Å². The minimum atomic E-state index is -3.27. The molecule has 2 N–H and O–H groups in total. The van der Waals surface area contributed by atoms with Crippen LogP contribution in [0, 0.1) is 5.92 Å². The molecule has 19 heavy (non-hydrogen) atoms. The number of ether oxygens (including phenoxy) is 1. The van der Waals surface area contributed by atoms with Gasteiger partial charge in [-0.15, -0.1) is 0 Å². The number of nitrogens with one attached hydrogen (secondary N) is 1. The molecule has 0 radical (unpaired) electrons. The minimum absolute atomic E-state index is 0.0523. The van der Waals surface area contributed by atoms with E-state index in [1.165, 1.54) is 7.11 Å². The SMILES string of the molecule is COCCCS(=O)(=O)NC(C)CCCC(C)C(=O)O. The average Bonchev–Trinajstić information content (AvgIpc) is 2.27. The van der Waals surface area contributed by atoms with Crippen molar-refractivity contribution in [1.82, 2.24) is 4.72 Å². The van der Waals surface area contributed by atoms with Crippen molar-refractivity contribution in [2.45, 2.75) is 45.6 Å². The lowest BCUT2D eigenvalue weighted by Crippen LogP contribution is -2.34. The van der Waals surface area contributed by atoms with Crippen LogP contribution in [-0.2, 0) is 19.6 Å². The van der Waals surface area contributed by atoms with Crippen molar-refractivity contribution in [1.29, 1.82) is 0 Å². The Morgan fingerprint density at radius 2 is 1.89 bits per heavy atom. The number of methoxy groups -OCH3 is 1. The van der Waals surface area contributed by atoms with Gasteiger partial charge >= 0.3 is 5.97 Å². The van der Waals surface area contributed by atoms with E-state index >= 15 is 0 Å². The summed E-state index contributed by atoms with van der Waals surface area (Å²) in [4.78, 5) is 10.6. The Hall–Kier alpha value is -0.660. The predicted molar refractivity (Wildman–Crippen MR) is 73.5 cm³/mol. The Morgan fingerprint density at radius 1 is 1.26 bits per heavy atom. The summed E-state index contributed by atoms with van der Waals surface area (Å²) in [7, 11) is -1.73. The molecule has 0 fully saturated rings. The van der Waals surface area contributed by atoms with Crippen molar-refractivity contribution < 1.29 is 23.1 Å². The maximum Gasteiger partial charge on any atom is 0.306 e. The van der Waals surface area contributed by atoms with Gasteiger partial charge in [-0.1, -0.05) is 13.3 Å². The van der Waals surface area contributed by atoms with Gasteiger partial charge in [-0.3, -0.25) is 4.79 Å². The predicted octanol–water partition coefficient (Wildman–Crippen LogP) is 1.22. The highest BCUT2D eigenvalue weighted by atomic mass is 32.2. The molecule has 114 valence electrons. The quantitative estimate of drug-likeness (QED) is 0.559.